The summed E-state index contributed by atoms with van der Waals surface area (Å²) in [6.45, 7) is 2.76. The lowest BCUT2D eigenvalue weighted by Gasteiger charge is -2.25. The van der Waals surface area contributed by atoms with Gasteiger partial charge in [-0.15, -0.1) is 5.10 Å². The van der Waals surface area contributed by atoms with Gasteiger partial charge < -0.3 is 19.5 Å². The summed E-state index contributed by atoms with van der Waals surface area (Å²) >= 11 is 0. The summed E-state index contributed by atoms with van der Waals surface area (Å²) in [5.74, 6) is 0.706. The van der Waals surface area contributed by atoms with Crippen molar-refractivity contribution < 1.29 is 4.42 Å². The van der Waals surface area contributed by atoms with E-state index in [2.05, 4.69) is 39.4 Å². The zero-order chi connectivity index (χ0) is 13.2. The molecule has 1 aromatic heterocycles. The summed E-state index contributed by atoms with van der Waals surface area (Å²) in [5, 5.41) is 11.7. The van der Waals surface area contributed by atoms with Gasteiger partial charge in [-0.25, -0.2) is 0 Å². The van der Waals surface area contributed by atoms with E-state index >= 15 is 0 Å². The summed E-state index contributed by atoms with van der Waals surface area (Å²) in [5.41, 5.74) is 0. The summed E-state index contributed by atoms with van der Waals surface area (Å²) in [4.78, 5) is 4.47. The van der Waals surface area contributed by atoms with Crippen molar-refractivity contribution >= 4 is 6.01 Å². The van der Waals surface area contributed by atoms with Crippen molar-refractivity contribution in [1.82, 2.24) is 20.4 Å². The molecule has 1 atom stereocenters. The first-order valence-corrected chi connectivity index (χ1v) is 7.19. The molecule has 1 saturated carbocycles. The number of hydrogen-bond acceptors (Lipinski definition) is 6. The Kier molecular flexibility index (Phi) is 3.70. The molecule has 0 aromatic carbocycles. The topological polar surface area (TPSA) is 57.4 Å². The zero-order valence-electron chi connectivity index (χ0n) is 11.8. The molecule has 6 nitrogen and oxygen atoms in total. The summed E-state index contributed by atoms with van der Waals surface area (Å²) < 4.78 is 5.78. The highest BCUT2D eigenvalue weighted by molar-refractivity contribution is 5.29. The van der Waals surface area contributed by atoms with Crippen LogP contribution in [0.25, 0.3) is 0 Å². The van der Waals surface area contributed by atoms with E-state index in [4.69, 9.17) is 4.42 Å². The van der Waals surface area contributed by atoms with Crippen LogP contribution in [0.4, 0.5) is 6.01 Å². The van der Waals surface area contributed by atoms with E-state index in [-0.39, 0.29) is 0 Å². The fourth-order valence-corrected chi connectivity index (χ4v) is 2.65. The van der Waals surface area contributed by atoms with Crippen LogP contribution in [0.5, 0.6) is 0 Å². The fourth-order valence-electron chi connectivity index (χ4n) is 2.65. The van der Waals surface area contributed by atoms with E-state index in [0.29, 0.717) is 30.5 Å². The maximum atomic E-state index is 5.78. The Morgan fingerprint density at radius 2 is 2.16 bits per heavy atom. The molecule has 0 spiro atoms. The minimum atomic E-state index is 0.500. The van der Waals surface area contributed by atoms with Gasteiger partial charge in [0.2, 0.25) is 5.89 Å². The van der Waals surface area contributed by atoms with Gasteiger partial charge in [0.15, 0.2) is 0 Å². The summed E-state index contributed by atoms with van der Waals surface area (Å²) in [6.07, 6.45) is 4.96. The van der Waals surface area contributed by atoms with Gasteiger partial charge >= 0.3 is 6.01 Å². The number of nitrogens with zero attached hydrogens (tertiary/aromatic N) is 4. The molecule has 1 saturated heterocycles. The second kappa shape index (κ2) is 5.46. The molecule has 1 aliphatic carbocycles. The first-order valence-electron chi connectivity index (χ1n) is 7.19. The molecule has 2 fully saturated rings. The van der Waals surface area contributed by atoms with Crippen LogP contribution < -0.4 is 10.2 Å². The Bertz CT molecular complexity index is 415. The minimum absolute atomic E-state index is 0.500. The number of likely N-dealkylation sites (N-methyl/N-ethyl adjacent to an activating group) is 1. The summed E-state index contributed by atoms with van der Waals surface area (Å²) in [6, 6.07) is 1.86. The molecule has 106 valence electrons. The molecular formula is C13H23N5O. The Labute approximate surface area is 114 Å². The number of anilines is 1. The predicted molar refractivity (Wildman–Crippen MR) is 73.1 cm³/mol. The van der Waals surface area contributed by atoms with Gasteiger partial charge in [0.1, 0.15) is 0 Å². The number of rotatable bonds is 6. The van der Waals surface area contributed by atoms with Crippen molar-refractivity contribution in [3.63, 3.8) is 0 Å². The highest BCUT2D eigenvalue weighted by atomic mass is 16.4. The number of aromatic nitrogens is 2. The Balaban J connectivity index is 1.60. The lowest BCUT2D eigenvalue weighted by molar-refractivity contribution is 0.362. The third-order valence-corrected chi connectivity index (χ3v) is 3.77. The van der Waals surface area contributed by atoms with E-state index in [9.17, 15) is 0 Å². The molecule has 2 aliphatic rings. The fraction of sp³-hybridized carbons (Fsp3) is 0.846. The Hall–Kier alpha value is -1.14. The van der Waals surface area contributed by atoms with Gasteiger partial charge in [0.25, 0.3) is 0 Å². The molecule has 2 heterocycles. The monoisotopic (exact) mass is 265 g/mol. The highest BCUT2D eigenvalue weighted by Gasteiger charge is 2.29. The lowest BCUT2D eigenvalue weighted by Crippen LogP contribution is -2.37. The van der Waals surface area contributed by atoms with Crippen molar-refractivity contribution in [2.24, 2.45) is 0 Å². The third kappa shape index (κ3) is 3.25. The van der Waals surface area contributed by atoms with Crippen LogP contribution in [0.15, 0.2) is 4.42 Å². The zero-order valence-corrected chi connectivity index (χ0v) is 11.8. The van der Waals surface area contributed by atoms with E-state index < -0.39 is 0 Å². The lowest BCUT2D eigenvalue weighted by atomic mass is 10.2. The largest absolute Gasteiger partial charge is 0.407 e. The molecule has 0 amide bonds. The van der Waals surface area contributed by atoms with Gasteiger partial charge in [-0.3, -0.25) is 0 Å². The van der Waals surface area contributed by atoms with Crippen molar-refractivity contribution in [2.75, 3.05) is 32.1 Å². The summed E-state index contributed by atoms with van der Waals surface area (Å²) in [7, 11) is 4.21. The average Bonchev–Trinajstić information content (AvgIpc) is 2.89. The molecule has 19 heavy (non-hydrogen) atoms. The van der Waals surface area contributed by atoms with Gasteiger partial charge in [-0.2, -0.15) is 0 Å². The van der Waals surface area contributed by atoms with Crippen LogP contribution in [0.1, 0.15) is 31.6 Å². The smallest absolute Gasteiger partial charge is 0.318 e. The molecule has 3 rings (SSSR count). The molecular weight excluding hydrogens is 242 g/mol. The SMILES string of the molecule is CN(C)CC1CCCN1c1nnc(CNC2CC2)o1. The molecule has 1 N–H and O–H groups in total. The van der Waals surface area contributed by atoms with Crippen LogP contribution in [-0.4, -0.2) is 54.4 Å². The van der Waals surface area contributed by atoms with Crippen molar-refractivity contribution in [3.8, 4) is 0 Å². The second-order valence-corrected chi connectivity index (χ2v) is 5.89. The van der Waals surface area contributed by atoms with E-state index in [1.165, 1.54) is 25.7 Å². The van der Waals surface area contributed by atoms with Crippen LogP contribution in [0.3, 0.4) is 0 Å². The molecule has 0 bridgehead atoms. The molecule has 1 aromatic rings. The van der Waals surface area contributed by atoms with Gasteiger partial charge in [0.05, 0.1) is 6.54 Å². The van der Waals surface area contributed by atoms with Crippen molar-refractivity contribution in [2.45, 2.75) is 44.3 Å². The Morgan fingerprint density at radius 1 is 1.32 bits per heavy atom. The predicted octanol–water partition coefficient (Wildman–Crippen LogP) is 0.852. The molecule has 1 unspecified atom stereocenters. The van der Waals surface area contributed by atoms with Crippen LogP contribution in [-0.2, 0) is 6.54 Å². The molecule has 6 heteroatoms. The van der Waals surface area contributed by atoms with Gasteiger partial charge in [0, 0.05) is 25.2 Å². The van der Waals surface area contributed by atoms with Gasteiger partial charge in [-0.05, 0) is 39.8 Å². The maximum absolute atomic E-state index is 5.78. The van der Waals surface area contributed by atoms with Crippen molar-refractivity contribution in [1.29, 1.82) is 0 Å². The van der Waals surface area contributed by atoms with E-state index in [1.54, 1.807) is 0 Å². The second-order valence-electron chi connectivity index (χ2n) is 5.89. The Morgan fingerprint density at radius 3 is 2.89 bits per heavy atom. The number of nitrogens with one attached hydrogen (secondary N) is 1. The van der Waals surface area contributed by atoms with Crippen LogP contribution in [0, 0.1) is 0 Å². The highest BCUT2D eigenvalue weighted by Crippen LogP contribution is 2.25. The average molecular weight is 265 g/mol. The minimum Gasteiger partial charge on any atom is -0.407 e. The normalized spacial score (nSPS) is 23.5. The first kappa shape index (κ1) is 12.9. The van der Waals surface area contributed by atoms with Crippen molar-refractivity contribution in [3.05, 3.63) is 5.89 Å². The van der Waals surface area contributed by atoms with Gasteiger partial charge in [-0.1, -0.05) is 5.10 Å². The maximum Gasteiger partial charge on any atom is 0.318 e. The molecule has 1 aliphatic heterocycles. The van der Waals surface area contributed by atoms with E-state index in [1.807, 2.05) is 0 Å². The quantitative estimate of drug-likeness (QED) is 0.823. The molecule has 0 radical (unpaired) electrons. The van der Waals surface area contributed by atoms with E-state index in [0.717, 1.165) is 13.1 Å². The van der Waals surface area contributed by atoms with Crippen LogP contribution in [0.2, 0.25) is 0 Å². The third-order valence-electron chi connectivity index (χ3n) is 3.77. The standard InChI is InChI=1S/C13H23N5O/c1-17(2)9-11-4-3-7-18(11)13-16-15-12(19-13)8-14-10-5-6-10/h10-11,14H,3-9H2,1-2H3. The first-order chi connectivity index (χ1) is 9.22. The number of hydrogen-bond donors (Lipinski definition) is 1. The van der Waals surface area contributed by atoms with Crippen LogP contribution >= 0.6 is 0 Å².